The first-order valence-electron chi connectivity index (χ1n) is 6.33. The van der Waals surface area contributed by atoms with Crippen molar-refractivity contribution in [2.45, 2.75) is 23.8 Å². The molecule has 19 heavy (non-hydrogen) atoms. The maximum atomic E-state index is 12.0. The summed E-state index contributed by atoms with van der Waals surface area (Å²) in [6.45, 7) is 0.898. The Morgan fingerprint density at radius 3 is 3.11 bits per heavy atom. The molecule has 100 valence electrons. The number of carbonyl (C=O) groups is 2. The van der Waals surface area contributed by atoms with Gasteiger partial charge in [0.1, 0.15) is 0 Å². The van der Waals surface area contributed by atoms with Crippen molar-refractivity contribution in [1.29, 1.82) is 0 Å². The molecular formula is C13H15N3O2S. The standard InChI is InChI=1S/C13H15N3O2S/c17-12-7-19-11-4-3-8(6-10(11)16-12)15-13(18)9-2-1-5-14-9/h3-4,6,9,14H,1-2,5,7H2,(H,15,18)(H,16,17)/t9-/m1/s1. The lowest BCUT2D eigenvalue weighted by molar-refractivity contribution is -0.117. The molecule has 0 unspecified atom stereocenters. The molecule has 0 aromatic heterocycles. The first kappa shape index (κ1) is 12.5. The minimum atomic E-state index is -0.0972. The zero-order valence-electron chi connectivity index (χ0n) is 10.4. The zero-order valence-corrected chi connectivity index (χ0v) is 11.2. The van der Waals surface area contributed by atoms with Crippen LogP contribution in [0.15, 0.2) is 23.1 Å². The SMILES string of the molecule is O=C1CSc2ccc(NC(=O)[C@H]3CCCN3)cc2N1. The molecule has 0 bridgehead atoms. The molecule has 0 spiro atoms. The lowest BCUT2D eigenvalue weighted by Crippen LogP contribution is -2.35. The summed E-state index contributed by atoms with van der Waals surface area (Å²) in [6.07, 6.45) is 1.92. The minimum absolute atomic E-state index is 0.00145. The van der Waals surface area contributed by atoms with Crippen LogP contribution in [0.5, 0.6) is 0 Å². The highest BCUT2D eigenvalue weighted by molar-refractivity contribution is 8.00. The summed E-state index contributed by atoms with van der Waals surface area (Å²) in [5.74, 6) is 0.440. The molecule has 1 aromatic carbocycles. The maximum absolute atomic E-state index is 12.0. The summed E-state index contributed by atoms with van der Waals surface area (Å²) in [7, 11) is 0. The van der Waals surface area contributed by atoms with E-state index in [1.165, 1.54) is 11.8 Å². The Hall–Kier alpha value is -1.53. The van der Waals surface area contributed by atoms with E-state index in [0.29, 0.717) is 5.75 Å². The maximum Gasteiger partial charge on any atom is 0.241 e. The summed E-state index contributed by atoms with van der Waals surface area (Å²) in [5.41, 5.74) is 1.50. The second-order valence-electron chi connectivity index (χ2n) is 4.69. The Kier molecular flexibility index (Phi) is 3.44. The Balaban J connectivity index is 1.73. The quantitative estimate of drug-likeness (QED) is 0.764. The first-order valence-corrected chi connectivity index (χ1v) is 7.32. The van der Waals surface area contributed by atoms with Gasteiger partial charge < -0.3 is 16.0 Å². The van der Waals surface area contributed by atoms with E-state index in [9.17, 15) is 9.59 Å². The van der Waals surface area contributed by atoms with Crippen molar-refractivity contribution in [2.24, 2.45) is 0 Å². The van der Waals surface area contributed by atoms with Crippen LogP contribution in [0.25, 0.3) is 0 Å². The van der Waals surface area contributed by atoms with Crippen LogP contribution in [-0.2, 0) is 9.59 Å². The summed E-state index contributed by atoms with van der Waals surface area (Å²) < 4.78 is 0. The average Bonchev–Trinajstić information content (AvgIpc) is 2.92. The van der Waals surface area contributed by atoms with Gasteiger partial charge >= 0.3 is 0 Å². The van der Waals surface area contributed by atoms with Crippen LogP contribution >= 0.6 is 11.8 Å². The molecule has 2 aliphatic rings. The lowest BCUT2D eigenvalue weighted by Gasteiger charge is -2.18. The van der Waals surface area contributed by atoms with Crippen molar-refractivity contribution in [3.63, 3.8) is 0 Å². The number of thioether (sulfide) groups is 1. The van der Waals surface area contributed by atoms with E-state index < -0.39 is 0 Å². The van der Waals surface area contributed by atoms with E-state index in [4.69, 9.17) is 0 Å². The van der Waals surface area contributed by atoms with Gasteiger partial charge in [0.05, 0.1) is 17.5 Å². The van der Waals surface area contributed by atoms with Crippen LogP contribution in [0, 0.1) is 0 Å². The summed E-state index contributed by atoms with van der Waals surface area (Å²) in [5, 5.41) is 8.86. The molecule has 1 fully saturated rings. The van der Waals surface area contributed by atoms with E-state index in [2.05, 4.69) is 16.0 Å². The molecule has 2 amide bonds. The molecule has 2 heterocycles. The van der Waals surface area contributed by atoms with Gasteiger partial charge in [0, 0.05) is 10.6 Å². The zero-order chi connectivity index (χ0) is 13.2. The third-order valence-corrected chi connectivity index (χ3v) is 4.33. The Bertz CT molecular complexity index is 527. The number of nitrogens with one attached hydrogen (secondary N) is 3. The fraction of sp³-hybridized carbons (Fsp3) is 0.385. The van der Waals surface area contributed by atoms with Gasteiger partial charge in [0.15, 0.2) is 0 Å². The van der Waals surface area contributed by atoms with Crippen molar-refractivity contribution in [2.75, 3.05) is 22.9 Å². The fourth-order valence-electron chi connectivity index (χ4n) is 2.30. The highest BCUT2D eigenvalue weighted by Crippen LogP contribution is 2.33. The smallest absolute Gasteiger partial charge is 0.241 e. The van der Waals surface area contributed by atoms with Gasteiger partial charge in [-0.15, -0.1) is 11.8 Å². The van der Waals surface area contributed by atoms with Crippen molar-refractivity contribution in [3.05, 3.63) is 18.2 Å². The van der Waals surface area contributed by atoms with E-state index in [0.717, 1.165) is 35.7 Å². The topological polar surface area (TPSA) is 70.2 Å². The molecule has 0 radical (unpaired) electrons. The fourth-order valence-corrected chi connectivity index (χ4v) is 3.09. The number of hydrogen-bond donors (Lipinski definition) is 3. The molecule has 3 N–H and O–H groups in total. The first-order chi connectivity index (χ1) is 9.22. The highest BCUT2D eigenvalue weighted by Gasteiger charge is 2.22. The van der Waals surface area contributed by atoms with Crippen LogP contribution in [0.1, 0.15) is 12.8 Å². The van der Waals surface area contributed by atoms with Gasteiger partial charge in [-0.05, 0) is 37.6 Å². The number of fused-ring (bicyclic) bond motifs is 1. The van der Waals surface area contributed by atoms with Crippen molar-refractivity contribution < 1.29 is 9.59 Å². The number of amides is 2. The van der Waals surface area contributed by atoms with Gasteiger partial charge in [-0.3, -0.25) is 9.59 Å². The molecule has 2 aliphatic heterocycles. The monoisotopic (exact) mass is 277 g/mol. The summed E-state index contributed by atoms with van der Waals surface area (Å²) in [6, 6.07) is 5.51. The second kappa shape index (κ2) is 5.22. The largest absolute Gasteiger partial charge is 0.325 e. The third-order valence-electron chi connectivity index (χ3n) is 3.26. The minimum Gasteiger partial charge on any atom is -0.325 e. The van der Waals surface area contributed by atoms with Crippen LogP contribution in [-0.4, -0.2) is 30.2 Å². The average molecular weight is 277 g/mol. The van der Waals surface area contributed by atoms with Crippen molar-refractivity contribution in [1.82, 2.24) is 5.32 Å². The number of benzene rings is 1. The van der Waals surface area contributed by atoms with Gasteiger partial charge in [0.2, 0.25) is 11.8 Å². The number of carbonyl (C=O) groups excluding carboxylic acids is 2. The van der Waals surface area contributed by atoms with E-state index in [1.54, 1.807) is 0 Å². The van der Waals surface area contributed by atoms with Crippen molar-refractivity contribution >= 4 is 35.0 Å². The lowest BCUT2D eigenvalue weighted by atomic mass is 10.2. The molecule has 1 atom stereocenters. The van der Waals surface area contributed by atoms with Gasteiger partial charge in [-0.2, -0.15) is 0 Å². The molecule has 0 aliphatic carbocycles. The predicted octanol–water partition coefficient (Wildman–Crippen LogP) is 1.42. The molecular weight excluding hydrogens is 262 g/mol. The second-order valence-corrected chi connectivity index (χ2v) is 5.70. The van der Waals surface area contributed by atoms with E-state index in [1.807, 2.05) is 18.2 Å². The Morgan fingerprint density at radius 1 is 1.42 bits per heavy atom. The predicted molar refractivity (Wildman–Crippen MR) is 75.5 cm³/mol. The molecule has 6 heteroatoms. The van der Waals surface area contributed by atoms with E-state index in [-0.39, 0.29) is 17.9 Å². The number of rotatable bonds is 2. The van der Waals surface area contributed by atoms with Gasteiger partial charge in [-0.25, -0.2) is 0 Å². The summed E-state index contributed by atoms with van der Waals surface area (Å²) in [4.78, 5) is 24.4. The highest BCUT2D eigenvalue weighted by atomic mass is 32.2. The van der Waals surface area contributed by atoms with Crippen LogP contribution < -0.4 is 16.0 Å². The normalized spacial score (nSPS) is 21.7. The van der Waals surface area contributed by atoms with Gasteiger partial charge in [-0.1, -0.05) is 0 Å². The Morgan fingerprint density at radius 2 is 2.32 bits per heavy atom. The Labute approximate surface area is 115 Å². The van der Waals surface area contributed by atoms with E-state index >= 15 is 0 Å². The van der Waals surface area contributed by atoms with Gasteiger partial charge in [0.25, 0.3) is 0 Å². The number of anilines is 2. The summed E-state index contributed by atoms with van der Waals surface area (Å²) >= 11 is 1.51. The third kappa shape index (κ3) is 2.74. The molecule has 1 aromatic rings. The van der Waals surface area contributed by atoms with Crippen LogP contribution in [0.2, 0.25) is 0 Å². The number of hydrogen-bond acceptors (Lipinski definition) is 4. The molecule has 0 saturated carbocycles. The van der Waals surface area contributed by atoms with Crippen LogP contribution in [0.3, 0.4) is 0 Å². The molecule has 3 rings (SSSR count). The van der Waals surface area contributed by atoms with Crippen LogP contribution in [0.4, 0.5) is 11.4 Å². The molecule has 5 nitrogen and oxygen atoms in total. The van der Waals surface area contributed by atoms with Crippen molar-refractivity contribution in [3.8, 4) is 0 Å². The molecule has 1 saturated heterocycles.